The number of aromatic nitrogens is 1. The number of benzene rings is 1. The van der Waals surface area contributed by atoms with Crippen LogP contribution in [0.2, 0.25) is 0 Å². The molecule has 0 aliphatic carbocycles. The van der Waals surface area contributed by atoms with Gasteiger partial charge in [-0.15, -0.1) is 0 Å². The fourth-order valence-electron chi connectivity index (χ4n) is 1.25. The molecule has 0 aliphatic heterocycles. The molecule has 0 N–H and O–H groups in total. The number of hydrogen-bond acceptors (Lipinski definition) is 6. The molecule has 0 saturated heterocycles. The summed E-state index contributed by atoms with van der Waals surface area (Å²) < 4.78 is 5.59. The van der Waals surface area contributed by atoms with E-state index in [1.165, 1.54) is 19.2 Å². The summed E-state index contributed by atoms with van der Waals surface area (Å²) in [6, 6.07) is 6.21. The van der Waals surface area contributed by atoms with Crippen LogP contribution in [0.1, 0.15) is 10.4 Å². The summed E-state index contributed by atoms with van der Waals surface area (Å²) >= 11 is 0. The highest BCUT2D eigenvalue weighted by Gasteiger charge is 2.15. The number of ether oxygens (including phenoxy) is 1. The summed E-state index contributed by atoms with van der Waals surface area (Å²) in [5, 5.41) is 0. The van der Waals surface area contributed by atoms with Crippen LogP contribution in [0, 0.1) is 0 Å². The minimum atomic E-state index is -0.611. The Morgan fingerprint density at radius 3 is 2.12 bits per heavy atom. The standard InChI is InChI=1S/C10H7NO4S2/c1-15-7-4-2-6(3-5-7)8(12)11-9(13)16-17-10(11)14/h2-5H,1H3. The van der Waals surface area contributed by atoms with Crippen molar-refractivity contribution < 1.29 is 9.53 Å². The maximum absolute atomic E-state index is 11.9. The lowest BCUT2D eigenvalue weighted by Crippen LogP contribution is -2.31. The first-order valence-corrected chi connectivity index (χ1v) is 6.69. The van der Waals surface area contributed by atoms with E-state index >= 15 is 0 Å². The van der Waals surface area contributed by atoms with Crippen molar-refractivity contribution in [3.8, 4) is 5.75 Å². The van der Waals surface area contributed by atoms with Gasteiger partial charge in [0, 0.05) is 5.56 Å². The monoisotopic (exact) mass is 269 g/mol. The highest BCUT2D eigenvalue weighted by atomic mass is 32.9. The molecule has 0 radical (unpaired) electrons. The molecule has 1 aromatic carbocycles. The van der Waals surface area contributed by atoms with Gasteiger partial charge in [-0.1, -0.05) is 0 Å². The first-order valence-electron chi connectivity index (χ1n) is 4.54. The maximum Gasteiger partial charge on any atom is 0.327 e. The lowest BCUT2D eigenvalue weighted by molar-refractivity contribution is 0.0955. The first kappa shape index (κ1) is 11.7. The largest absolute Gasteiger partial charge is 0.497 e. The quantitative estimate of drug-likeness (QED) is 0.764. The number of nitrogens with zero attached hydrogens (tertiary/aromatic N) is 1. The third-order valence-corrected chi connectivity index (χ3v) is 3.93. The lowest BCUT2D eigenvalue weighted by atomic mass is 10.2. The van der Waals surface area contributed by atoms with Crippen LogP contribution in [-0.2, 0) is 0 Å². The molecule has 2 rings (SSSR count). The molecule has 0 bridgehead atoms. The van der Waals surface area contributed by atoms with Crippen LogP contribution in [0.15, 0.2) is 33.9 Å². The molecule has 2 aromatic rings. The van der Waals surface area contributed by atoms with Gasteiger partial charge >= 0.3 is 9.75 Å². The van der Waals surface area contributed by atoms with Crippen molar-refractivity contribution in [1.82, 2.24) is 4.57 Å². The average Bonchev–Trinajstić information content (AvgIpc) is 2.68. The van der Waals surface area contributed by atoms with Crippen molar-refractivity contribution >= 4 is 26.6 Å². The fraction of sp³-hybridized carbons (Fsp3) is 0.100. The molecular formula is C10H7NO4S2. The molecule has 88 valence electrons. The summed E-state index contributed by atoms with van der Waals surface area (Å²) in [6.07, 6.45) is 0. The van der Waals surface area contributed by atoms with E-state index in [1.807, 2.05) is 0 Å². The van der Waals surface area contributed by atoms with Crippen LogP contribution in [0.4, 0.5) is 0 Å². The Hall–Kier alpha value is -1.73. The average molecular weight is 269 g/mol. The van der Waals surface area contributed by atoms with Crippen LogP contribution in [0.25, 0.3) is 0 Å². The van der Waals surface area contributed by atoms with Gasteiger partial charge in [0.25, 0.3) is 5.91 Å². The van der Waals surface area contributed by atoms with E-state index in [2.05, 4.69) is 0 Å². The summed E-state index contributed by atoms with van der Waals surface area (Å²) in [7, 11) is 3.02. The van der Waals surface area contributed by atoms with Crippen LogP contribution in [0.3, 0.4) is 0 Å². The molecule has 0 amide bonds. The molecule has 7 heteroatoms. The highest BCUT2D eigenvalue weighted by Crippen LogP contribution is 2.11. The lowest BCUT2D eigenvalue weighted by Gasteiger charge is -2.01. The Morgan fingerprint density at radius 1 is 1.12 bits per heavy atom. The zero-order valence-corrected chi connectivity index (χ0v) is 10.3. The Balaban J connectivity index is 2.44. The molecule has 0 unspecified atom stereocenters. The Morgan fingerprint density at radius 2 is 1.65 bits per heavy atom. The van der Waals surface area contributed by atoms with Gasteiger partial charge in [0.1, 0.15) is 5.75 Å². The van der Waals surface area contributed by atoms with Crippen molar-refractivity contribution in [1.29, 1.82) is 0 Å². The molecule has 0 fully saturated rings. The zero-order chi connectivity index (χ0) is 12.4. The van der Waals surface area contributed by atoms with E-state index < -0.39 is 15.7 Å². The summed E-state index contributed by atoms with van der Waals surface area (Å²) in [5.41, 5.74) is 0.274. The van der Waals surface area contributed by atoms with Crippen LogP contribution >= 0.6 is 20.7 Å². The van der Waals surface area contributed by atoms with Gasteiger partial charge in [-0.3, -0.25) is 14.4 Å². The Bertz CT molecular complexity index is 622. The van der Waals surface area contributed by atoms with E-state index in [9.17, 15) is 14.4 Å². The molecule has 0 aliphatic rings. The number of carbonyl (C=O) groups is 1. The second kappa shape index (κ2) is 4.64. The SMILES string of the molecule is COc1ccc(C(=O)n2c(=O)ssc2=O)cc1. The zero-order valence-electron chi connectivity index (χ0n) is 8.71. The van der Waals surface area contributed by atoms with E-state index in [4.69, 9.17) is 4.74 Å². The topological polar surface area (TPSA) is 65.4 Å². The summed E-state index contributed by atoms with van der Waals surface area (Å²) in [4.78, 5) is 33.4. The second-order valence-electron chi connectivity index (χ2n) is 3.07. The smallest absolute Gasteiger partial charge is 0.327 e. The summed E-state index contributed by atoms with van der Waals surface area (Å²) in [6.45, 7) is 0. The predicted octanol–water partition coefficient (Wildman–Crippen LogP) is 1.03. The fourth-order valence-corrected chi connectivity index (χ4v) is 2.80. The number of hydrogen-bond donors (Lipinski definition) is 0. The minimum Gasteiger partial charge on any atom is -0.497 e. The molecule has 5 nitrogen and oxygen atoms in total. The van der Waals surface area contributed by atoms with E-state index in [1.54, 1.807) is 12.1 Å². The molecular weight excluding hydrogens is 262 g/mol. The second-order valence-corrected chi connectivity index (χ2v) is 5.10. The van der Waals surface area contributed by atoms with Gasteiger partial charge in [-0.05, 0) is 44.9 Å². The van der Waals surface area contributed by atoms with Gasteiger partial charge in [0.05, 0.1) is 7.11 Å². The van der Waals surface area contributed by atoms with Crippen LogP contribution in [-0.4, -0.2) is 17.6 Å². The maximum atomic E-state index is 11.9. The molecule has 0 spiro atoms. The van der Waals surface area contributed by atoms with E-state index in [-0.39, 0.29) is 5.56 Å². The Kier molecular flexibility index (Phi) is 3.21. The van der Waals surface area contributed by atoms with Crippen molar-refractivity contribution in [3.05, 3.63) is 49.2 Å². The first-order chi connectivity index (χ1) is 8.13. The normalized spacial score (nSPS) is 10.2. The molecule has 17 heavy (non-hydrogen) atoms. The van der Waals surface area contributed by atoms with Gasteiger partial charge in [-0.2, -0.15) is 4.57 Å². The van der Waals surface area contributed by atoms with E-state index in [0.29, 0.717) is 10.3 Å². The highest BCUT2D eigenvalue weighted by molar-refractivity contribution is 7.67. The molecule has 1 aromatic heterocycles. The van der Waals surface area contributed by atoms with Crippen molar-refractivity contribution in [3.63, 3.8) is 0 Å². The van der Waals surface area contributed by atoms with Crippen molar-refractivity contribution in [2.45, 2.75) is 0 Å². The third kappa shape index (κ3) is 2.20. The van der Waals surface area contributed by atoms with Gasteiger partial charge in [-0.25, -0.2) is 0 Å². The van der Waals surface area contributed by atoms with Crippen molar-refractivity contribution in [2.24, 2.45) is 0 Å². The van der Waals surface area contributed by atoms with Gasteiger partial charge < -0.3 is 4.74 Å². The number of methoxy groups -OCH3 is 1. The van der Waals surface area contributed by atoms with E-state index in [0.717, 1.165) is 20.7 Å². The molecule has 0 saturated carbocycles. The Labute approximate surface area is 103 Å². The van der Waals surface area contributed by atoms with Crippen LogP contribution < -0.4 is 14.5 Å². The number of carbonyl (C=O) groups excluding carboxylic acids is 1. The molecule has 0 atom stereocenters. The summed E-state index contributed by atoms with van der Waals surface area (Å²) in [5.74, 6) is -0.00970. The predicted molar refractivity (Wildman–Crippen MR) is 65.4 cm³/mol. The number of rotatable bonds is 2. The van der Waals surface area contributed by atoms with Gasteiger partial charge in [0.2, 0.25) is 0 Å². The van der Waals surface area contributed by atoms with Gasteiger partial charge in [0.15, 0.2) is 0 Å². The minimum absolute atomic E-state index is 0.274. The van der Waals surface area contributed by atoms with Crippen molar-refractivity contribution in [2.75, 3.05) is 7.11 Å². The molecule has 1 heterocycles. The van der Waals surface area contributed by atoms with Crippen LogP contribution in [0.5, 0.6) is 5.75 Å². The third-order valence-electron chi connectivity index (χ3n) is 2.09.